The number of nitrogens with zero attached hydrogens (tertiary/aromatic N) is 1. The fourth-order valence-electron chi connectivity index (χ4n) is 2.82. The summed E-state index contributed by atoms with van der Waals surface area (Å²) in [6, 6.07) is 16.1. The Labute approximate surface area is 192 Å². The molecule has 8 nitrogen and oxygen atoms in total. The Morgan fingerprint density at radius 2 is 1.78 bits per heavy atom. The van der Waals surface area contributed by atoms with E-state index in [1.165, 1.54) is 17.9 Å². The van der Waals surface area contributed by atoms with Gasteiger partial charge in [-0.15, -0.1) is 0 Å². The molecule has 0 atom stereocenters. The molecule has 0 saturated carbocycles. The highest BCUT2D eigenvalue weighted by molar-refractivity contribution is 7.89. The highest BCUT2D eigenvalue weighted by Gasteiger charge is 2.20. The van der Waals surface area contributed by atoms with Crippen LogP contribution < -0.4 is 10.5 Å². The summed E-state index contributed by atoms with van der Waals surface area (Å²) in [5, 5.41) is 16.8. The zero-order valence-electron chi connectivity index (χ0n) is 18.1. The summed E-state index contributed by atoms with van der Waals surface area (Å²) in [5.41, 5.74) is 1.31. The van der Waals surface area contributed by atoms with Crippen LogP contribution in [0.3, 0.4) is 0 Å². The molecule has 0 bridgehead atoms. The van der Waals surface area contributed by atoms with Crippen LogP contribution in [0.25, 0.3) is 0 Å². The maximum absolute atomic E-state index is 11.3. The molecule has 2 aromatic carbocycles. The Kier molecular flexibility index (Phi) is 8.45. The van der Waals surface area contributed by atoms with Gasteiger partial charge in [-0.25, -0.2) is 18.4 Å². The minimum Gasteiger partial charge on any atom is -0.478 e. The molecule has 3 rings (SSSR count). The average Bonchev–Trinajstić information content (AvgIpc) is 3.18. The van der Waals surface area contributed by atoms with Crippen LogP contribution in [0.2, 0.25) is 5.02 Å². The number of primary sulfonamides is 1. The number of carbonyl (C=O) groups is 1. The number of nitrogens with one attached hydrogen (secondary N) is 1. The minimum absolute atomic E-state index is 0.163. The first-order chi connectivity index (χ1) is 14.9. The predicted octanol–water partition coefficient (Wildman–Crippen LogP) is 3.78. The molecule has 3 aromatic rings. The lowest BCUT2D eigenvalue weighted by Crippen LogP contribution is -2.33. The van der Waals surface area contributed by atoms with Crippen LogP contribution in [-0.4, -0.2) is 45.1 Å². The predicted molar refractivity (Wildman–Crippen MR) is 124 cm³/mol. The molecule has 10 heteroatoms. The number of carboxylic acid groups (broad SMARTS) is 1. The van der Waals surface area contributed by atoms with E-state index in [0.29, 0.717) is 5.76 Å². The van der Waals surface area contributed by atoms with Crippen LogP contribution >= 0.6 is 11.6 Å². The van der Waals surface area contributed by atoms with Crippen molar-refractivity contribution in [2.45, 2.75) is 18.0 Å². The second-order valence-corrected chi connectivity index (χ2v) is 9.98. The van der Waals surface area contributed by atoms with Crippen LogP contribution in [0.5, 0.6) is 0 Å². The smallest absolute Gasteiger partial charge is 0.337 e. The molecule has 1 heterocycles. The van der Waals surface area contributed by atoms with Crippen LogP contribution in [0.4, 0.5) is 5.69 Å². The van der Waals surface area contributed by atoms with Gasteiger partial charge in [0.2, 0.25) is 10.0 Å². The van der Waals surface area contributed by atoms with Crippen molar-refractivity contribution in [3.8, 4) is 0 Å². The third-order valence-corrected chi connectivity index (χ3v) is 5.52. The fourth-order valence-corrected chi connectivity index (χ4v) is 3.92. The van der Waals surface area contributed by atoms with Gasteiger partial charge in [0.05, 0.1) is 50.2 Å². The molecule has 0 spiro atoms. The number of carboxylic acids is 1. The summed E-state index contributed by atoms with van der Waals surface area (Å²) in [5.74, 6) is -0.725. The molecule has 4 N–H and O–H groups in total. The Morgan fingerprint density at radius 3 is 2.28 bits per heavy atom. The van der Waals surface area contributed by atoms with Crippen molar-refractivity contribution in [1.29, 1.82) is 0 Å². The number of rotatable bonds is 7. The van der Waals surface area contributed by atoms with Gasteiger partial charge in [0.15, 0.2) is 0 Å². The van der Waals surface area contributed by atoms with Crippen molar-refractivity contribution in [3.05, 3.63) is 82.8 Å². The first-order valence-corrected chi connectivity index (χ1v) is 11.5. The van der Waals surface area contributed by atoms with Crippen LogP contribution in [0.1, 0.15) is 21.7 Å². The Hall–Kier alpha value is -2.85. The summed E-state index contributed by atoms with van der Waals surface area (Å²) < 4.78 is 28.8. The van der Waals surface area contributed by atoms with E-state index < -0.39 is 20.9 Å². The van der Waals surface area contributed by atoms with E-state index in [1.807, 2.05) is 0 Å². The van der Waals surface area contributed by atoms with Crippen molar-refractivity contribution < 1.29 is 27.2 Å². The van der Waals surface area contributed by atoms with Gasteiger partial charge in [-0.2, -0.15) is 0 Å². The highest BCUT2D eigenvalue weighted by Crippen LogP contribution is 2.28. The number of quaternary nitrogens is 1. The molecule has 0 aliphatic heterocycles. The molecule has 0 saturated heterocycles. The van der Waals surface area contributed by atoms with Crippen LogP contribution in [0.15, 0.2) is 70.2 Å². The van der Waals surface area contributed by atoms with Gasteiger partial charge >= 0.3 is 5.97 Å². The van der Waals surface area contributed by atoms with E-state index >= 15 is 0 Å². The Balaban J connectivity index is 0.000000278. The standard InChI is InChI=1S/C12H11ClN2O5S.C10H16N/c13-9-5-10(15-6-7-2-1-3-20-7)8(12(16)17)4-11(9)21(14,18)19;1-11(2,3)9-10-7-5-4-6-8-10/h1-5,15H,6H2,(H,16,17)(H2,14,18,19);4-8H,9H2,1-3H3/q;+1. The topological polar surface area (TPSA) is 123 Å². The molecule has 1 aromatic heterocycles. The molecule has 0 fully saturated rings. The molecule has 0 aliphatic carbocycles. The molecular weight excluding hydrogens is 454 g/mol. The number of anilines is 1. The first-order valence-electron chi connectivity index (χ1n) is 9.57. The molecule has 172 valence electrons. The lowest BCUT2D eigenvalue weighted by Gasteiger charge is -2.23. The van der Waals surface area contributed by atoms with Gasteiger partial charge in [0.1, 0.15) is 17.2 Å². The lowest BCUT2D eigenvalue weighted by atomic mass is 10.1. The van der Waals surface area contributed by atoms with Crippen molar-refractivity contribution >= 4 is 33.3 Å². The summed E-state index contributed by atoms with van der Waals surface area (Å²) in [6.07, 6.45) is 1.48. The van der Waals surface area contributed by atoms with E-state index in [1.54, 1.807) is 12.1 Å². The molecular formula is C22H27ClN3O5S+. The number of aromatic carboxylic acids is 1. The zero-order valence-corrected chi connectivity index (χ0v) is 19.7. The number of nitrogens with two attached hydrogens (primary N) is 1. The number of sulfonamides is 1. The summed E-state index contributed by atoms with van der Waals surface area (Å²) in [7, 11) is 2.50. The molecule has 0 amide bonds. The quantitative estimate of drug-likeness (QED) is 0.442. The number of halogens is 1. The Bertz CT molecular complexity index is 1140. The van der Waals surface area contributed by atoms with E-state index in [-0.39, 0.29) is 22.8 Å². The zero-order chi connectivity index (χ0) is 23.9. The normalized spacial score (nSPS) is 11.4. The maximum atomic E-state index is 11.3. The van der Waals surface area contributed by atoms with Gasteiger partial charge in [-0.3, -0.25) is 0 Å². The first kappa shape index (κ1) is 25.4. The summed E-state index contributed by atoms with van der Waals surface area (Å²) in [6.45, 7) is 1.32. The van der Waals surface area contributed by atoms with E-state index in [0.717, 1.165) is 17.1 Å². The largest absolute Gasteiger partial charge is 0.478 e. The molecule has 0 radical (unpaired) electrons. The van der Waals surface area contributed by atoms with Crippen LogP contribution in [-0.2, 0) is 23.1 Å². The van der Waals surface area contributed by atoms with Gasteiger partial charge in [0, 0.05) is 5.56 Å². The van der Waals surface area contributed by atoms with E-state index in [2.05, 4.69) is 56.8 Å². The van der Waals surface area contributed by atoms with Crippen molar-refractivity contribution in [2.75, 3.05) is 26.5 Å². The number of furan rings is 1. The number of hydrogen-bond donors (Lipinski definition) is 3. The molecule has 0 aliphatic rings. The number of hydrogen-bond acceptors (Lipinski definition) is 5. The fraction of sp³-hybridized carbons (Fsp3) is 0.227. The highest BCUT2D eigenvalue weighted by atomic mass is 35.5. The summed E-state index contributed by atoms with van der Waals surface area (Å²) >= 11 is 5.84. The Morgan fingerprint density at radius 1 is 1.12 bits per heavy atom. The van der Waals surface area contributed by atoms with Crippen molar-refractivity contribution in [2.24, 2.45) is 5.14 Å². The monoisotopic (exact) mass is 480 g/mol. The van der Waals surface area contributed by atoms with Crippen molar-refractivity contribution in [1.82, 2.24) is 0 Å². The second-order valence-electron chi connectivity index (χ2n) is 8.05. The van der Waals surface area contributed by atoms with Crippen LogP contribution in [0, 0.1) is 0 Å². The van der Waals surface area contributed by atoms with Gasteiger partial charge in [-0.05, 0) is 24.3 Å². The van der Waals surface area contributed by atoms with Gasteiger partial charge in [-0.1, -0.05) is 41.9 Å². The molecule has 32 heavy (non-hydrogen) atoms. The van der Waals surface area contributed by atoms with Crippen molar-refractivity contribution in [3.63, 3.8) is 0 Å². The van der Waals surface area contributed by atoms with E-state index in [9.17, 15) is 13.2 Å². The van der Waals surface area contributed by atoms with E-state index in [4.69, 9.17) is 26.3 Å². The van der Waals surface area contributed by atoms with Gasteiger partial charge in [0.25, 0.3) is 0 Å². The molecule has 0 unspecified atom stereocenters. The minimum atomic E-state index is -4.11. The third-order valence-electron chi connectivity index (χ3n) is 4.14. The SMILES string of the molecule is C[N+](C)(C)Cc1ccccc1.NS(=O)(=O)c1cc(C(=O)O)c(NCc2ccco2)cc1Cl. The summed E-state index contributed by atoms with van der Waals surface area (Å²) in [4.78, 5) is 10.8. The third kappa shape index (κ3) is 8.01. The number of benzene rings is 2. The maximum Gasteiger partial charge on any atom is 0.337 e. The second kappa shape index (κ2) is 10.6. The lowest BCUT2D eigenvalue weighted by molar-refractivity contribution is -0.884. The average molecular weight is 481 g/mol. The van der Waals surface area contributed by atoms with Gasteiger partial charge < -0.3 is 19.3 Å².